The van der Waals surface area contributed by atoms with E-state index in [1.54, 1.807) is 6.07 Å². The molecule has 5 nitrogen and oxygen atoms in total. The topological polar surface area (TPSA) is 66.8 Å². The minimum atomic E-state index is -1.05. The molecule has 1 amide bonds. The number of carboxylic acid groups (broad SMARTS) is 1. The molecule has 1 saturated carbocycles. The molecule has 0 radical (unpaired) electrons. The molecule has 1 aliphatic heterocycles. The van der Waals surface area contributed by atoms with Gasteiger partial charge in [0, 0.05) is 41.7 Å². The van der Waals surface area contributed by atoms with Crippen LogP contribution in [-0.2, 0) is 14.3 Å². The van der Waals surface area contributed by atoms with Crippen LogP contribution in [0.15, 0.2) is 18.2 Å². The third-order valence-corrected chi connectivity index (χ3v) is 5.03. The second-order valence-corrected chi connectivity index (χ2v) is 6.69. The monoisotopic (exact) mass is 355 g/mol. The molecule has 2 fully saturated rings. The standard InChI is InChI=1S/C17H19ClFNO4/c18-13-2-1-3-14(19)16(13)11-8-12(11)17(23)20(9-15(21)22)10-4-6-24-7-5-10/h1-3,10-12H,4-9H2,(H,21,22)/t11-,12+/m1/s1. The first-order valence-corrected chi connectivity index (χ1v) is 8.40. The fraction of sp³-hybridized carbons (Fsp3) is 0.529. The van der Waals surface area contributed by atoms with Crippen molar-refractivity contribution in [3.8, 4) is 0 Å². The Labute approximate surface area is 144 Å². The van der Waals surface area contributed by atoms with Gasteiger partial charge in [0.2, 0.25) is 5.91 Å². The maximum Gasteiger partial charge on any atom is 0.323 e. The average molecular weight is 356 g/mol. The number of halogens is 2. The van der Waals surface area contributed by atoms with Gasteiger partial charge in [0.25, 0.3) is 0 Å². The third-order valence-electron chi connectivity index (χ3n) is 4.70. The second-order valence-electron chi connectivity index (χ2n) is 6.29. The highest BCUT2D eigenvalue weighted by Crippen LogP contribution is 2.51. The summed E-state index contributed by atoms with van der Waals surface area (Å²) in [6.45, 7) is 0.695. The Morgan fingerprint density at radius 3 is 2.67 bits per heavy atom. The van der Waals surface area contributed by atoms with Crippen LogP contribution in [0.5, 0.6) is 0 Å². The van der Waals surface area contributed by atoms with Crippen molar-refractivity contribution in [3.63, 3.8) is 0 Å². The van der Waals surface area contributed by atoms with Crippen LogP contribution in [0, 0.1) is 11.7 Å². The van der Waals surface area contributed by atoms with E-state index in [1.165, 1.54) is 17.0 Å². The van der Waals surface area contributed by atoms with Crippen molar-refractivity contribution >= 4 is 23.5 Å². The van der Waals surface area contributed by atoms with Gasteiger partial charge in [0.1, 0.15) is 12.4 Å². The Morgan fingerprint density at radius 2 is 2.04 bits per heavy atom. The molecule has 24 heavy (non-hydrogen) atoms. The van der Waals surface area contributed by atoms with Crippen molar-refractivity contribution in [3.05, 3.63) is 34.6 Å². The highest BCUT2D eigenvalue weighted by Gasteiger charge is 2.49. The lowest BCUT2D eigenvalue weighted by Gasteiger charge is -2.33. The average Bonchev–Trinajstić information content (AvgIpc) is 3.33. The molecule has 0 spiro atoms. The van der Waals surface area contributed by atoms with Gasteiger partial charge in [-0.25, -0.2) is 4.39 Å². The lowest BCUT2D eigenvalue weighted by atomic mass is 10.0. The summed E-state index contributed by atoms with van der Waals surface area (Å²) in [5, 5.41) is 9.44. The molecule has 3 rings (SSSR count). The van der Waals surface area contributed by atoms with Crippen molar-refractivity contribution in [1.82, 2.24) is 4.90 Å². The van der Waals surface area contributed by atoms with E-state index in [1.807, 2.05) is 0 Å². The van der Waals surface area contributed by atoms with Crippen LogP contribution in [0.25, 0.3) is 0 Å². The molecule has 1 N–H and O–H groups in total. The molecule has 7 heteroatoms. The number of benzene rings is 1. The normalized spacial score (nSPS) is 23.8. The van der Waals surface area contributed by atoms with Gasteiger partial charge in [-0.3, -0.25) is 9.59 Å². The quantitative estimate of drug-likeness (QED) is 0.881. The fourth-order valence-electron chi connectivity index (χ4n) is 3.39. The van der Waals surface area contributed by atoms with Crippen LogP contribution in [0.2, 0.25) is 5.02 Å². The highest BCUT2D eigenvalue weighted by atomic mass is 35.5. The van der Waals surface area contributed by atoms with Crippen molar-refractivity contribution in [1.29, 1.82) is 0 Å². The first-order chi connectivity index (χ1) is 11.5. The van der Waals surface area contributed by atoms with E-state index in [2.05, 4.69) is 0 Å². The summed E-state index contributed by atoms with van der Waals surface area (Å²) in [5.74, 6) is -2.37. The Bertz CT molecular complexity index is 627. The number of hydrogen-bond donors (Lipinski definition) is 1. The summed E-state index contributed by atoms with van der Waals surface area (Å²) in [5.41, 5.74) is 0.361. The smallest absolute Gasteiger partial charge is 0.323 e. The summed E-state index contributed by atoms with van der Waals surface area (Å²) in [7, 11) is 0. The Hall–Kier alpha value is -1.66. The number of amides is 1. The van der Waals surface area contributed by atoms with E-state index in [9.17, 15) is 14.0 Å². The zero-order valence-electron chi connectivity index (χ0n) is 13.1. The summed E-state index contributed by atoms with van der Waals surface area (Å²) < 4.78 is 19.3. The van der Waals surface area contributed by atoms with Gasteiger partial charge < -0.3 is 14.7 Å². The van der Waals surface area contributed by atoms with Crippen molar-refractivity contribution < 1.29 is 23.8 Å². The lowest BCUT2D eigenvalue weighted by molar-refractivity contribution is -0.148. The summed E-state index contributed by atoms with van der Waals surface area (Å²) in [6, 6.07) is 4.32. The molecule has 0 unspecified atom stereocenters. The Kier molecular flexibility index (Phi) is 5.06. The van der Waals surface area contributed by atoms with Crippen LogP contribution >= 0.6 is 11.6 Å². The minimum absolute atomic E-state index is 0.139. The van der Waals surface area contributed by atoms with E-state index in [-0.39, 0.29) is 24.4 Å². The number of carbonyl (C=O) groups is 2. The van der Waals surface area contributed by atoms with Crippen LogP contribution in [0.4, 0.5) is 4.39 Å². The second kappa shape index (κ2) is 7.07. The number of aliphatic carboxylic acids is 1. The van der Waals surface area contributed by atoms with Gasteiger partial charge in [-0.05, 0) is 31.4 Å². The van der Waals surface area contributed by atoms with Gasteiger partial charge in [0.05, 0.1) is 0 Å². The van der Waals surface area contributed by atoms with Crippen LogP contribution in [-0.4, -0.2) is 47.7 Å². The molecule has 1 aromatic rings. The van der Waals surface area contributed by atoms with Gasteiger partial charge in [-0.15, -0.1) is 0 Å². The number of ether oxygens (including phenoxy) is 1. The lowest BCUT2D eigenvalue weighted by Crippen LogP contribution is -2.46. The van der Waals surface area contributed by atoms with Crippen LogP contribution in [0.1, 0.15) is 30.7 Å². The van der Waals surface area contributed by atoms with Crippen LogP contribution in [0.3, 0.4) is 0 Å². The molecular formula is C17H19ClFNO4. The minimum Gasteiger partial charge on any atom is -0.480 e. The zero-order chi connectivity index (χ0) is 17.3. The number of rotatable bonds is 5. The molecule has 0 bridgehead atoms. The molecule has 1 heterocycles. The first kappa shape index (κ1) is 17.2. The largest absolute Gasteiger partial charge is 0.480 e. The van der Waals surface area contributed by atoms with Gasteiger partial charge in [-0.1, -0.05) is 17.7 Å². The van der Waals surface area contributed by atoms with E-state index in [4.69, 9.17) is 21.4 Å². The zero-order valence-corrected chi connectivity index (χ0v) is 13.8. The SMILES string of the molecule is O=C(O)CN(C(=O)[C@H]1C[C@H]1c1c(F)cccc1Cl)C1CCOCC1. The van der Waals surface area contributed by atoms with Crippen LogP contribution < -0.4 is 0 Å². The predicted octanol–water partition coefficient (Wildman–Crippen LogP) is 2.67. The molecule has 1 saturated heterocycles. The maximum absolute atomic E-state index is 14.0. The molecule has 0 aromatic heterocycles. The molecule has 2 aliphatic rings. The number of hydrogen-bond acceptors (Lipinski definition) is 3. The summed E-state index contributed by atoms with van der Waals surface area (Å²) in [4.78, 5) is 25.4. The maximum atomic E-state index is 14.0. The molecule has 2 atom stereocenters. The third kappa shape index (κ3) is 3.54. The van der Waals surface area contributed by atoms with E-state index < -0.39 is 17.7 Å². The highest BCUT2D eigenvalue weighted by molar-refractivity contribution is 6.31. The van der Waals surface area contributed by atoms with E-state index in [0.29, 0.717) is 43.1 Å². The molecule has 130 valence electrons. The number of carboxylic acids is 1. The molecular weight excluding hydrogens is 337 g/mol. The molecule has 1 aromatic carbocycles. The van der Waals surface area contributed by atoms with Crippen molar-refractivity contribution in [2.24, 2.45) is 5.92 Å². The van der Waals surface area contributed by atoms with E-state index >= 15 is 0 Å². The Balaban J connectivity index is 1.75. The first-order valence-electron chi connectivity index (χ1n) is 8.03. The van der Waals surface area contributed by atoms with Gasteiger partial charge in [-0.2, -0.15) is 0 Å². The Morgan fingerprint density at radius 1 is 1.33 bits per heavy atom. The summed E-state index contributed by atoms with van der Waals surface area (Å²) in [6.07, 6.45) is 1.74. The molecule has 1 aliphatic carbocycles. The number of carbonyl (C=O) groups excluding carboxylic acids is 1. The summed E-state index contributed by atoms with van der Waals surface area (Å²) >= 11 is 6.07. The predicted molar refractivity (Wildman–Crippen MR) is 85.4 cm³/mol. The van der Waals surface area contributed by atoms with Gasteiger partial charge >= 0.3 is 5.97 Å². The number of nitrogens with zero attached hydrogens (tertiary/aromatic N) is 1. The van der Waals surface area contributed by atoms with Crippen molar-refractivity contribution in [2.45, 2.75) is 31.2 Å². The fourth-order valence-corrected chi connectivity index (χ4v) is 3.70. The van der Waals surface area contributed by atoms with Crippen molar-refractivity contribution in [2.75, 3.05) is 19.8 Å². The van der Waals surface area contributed by atoms with E-state index in [0.717, 1.165) is 0 Å². The van der Waals surface area contributed by atoms with Gasteiger partial charge in [0.15, 0.2) is 0 Å².